The molecular weight excluding hydrogens is 262 g/mol. The van der Waals surface area contributed by atoms with Gasteiger partial charge in [0.2, 0.25) is 5.91 Å². The maximum Gasteiger partial charge on any atom is 0.257 e. The minimum absolute atomic E-state index is 0.0388. The molecule has 2 aromatic rings. The third-order valence-corrected chi connectivity index (χ3v) is 3.71. The molecule has 2 amide bonds. The summed E-state index contributed by atoms with van der Waals surface area (Å²) in [5.74, 6) is -0.250. The van der Waals surface area contributed by atoms with Crippen LogP contribution in [0.3, 0.4) is 0 Å². The average molecular weight is 273 g/mol. The van der Waals surface area contributed by atoms with Crippen molar-refractivity contribution in [2.24, 2.45) is 0 Å². The summed E-state index contributed by atoms with van der Waals surface area (Å²) in [6, 6.07) is 5.19. The van der Waals surface area contributed by atoms with E-state index in [0.717, 1.165) is 16.9 Å². The number of fused-ring (bicyclic) bond motifs is 1. The molecular formula is C13H11N3O2S. The molecule has 5 nitrogen and oxygen atoms in total. The highest BCUT2D eigenvalue weighted by Gasteiger charge is 2.19. The predicted molar refractivity (Wildman–Crippen MR) is 73.6 cm³/mol. The summed E-state index contributed by atoms with van der Waals surface area (Å²) < 4.78 is 0. The van der Waals surface area contributed by atoms with Crippen LogP contribution in [0.5, 0.6) is 0 Å². The standard InChI is InChI=1S/C13H11N3O2S/c1-7-6-19-13(14-7)16-12(18)8-2-3-10-9(4-8)5-11(17)15-10/h2-4,6H,5H2,1H3,(H,15,17)(H,14,16,18). The van der Waals surface area contributed by atoms with Crippen molar-refractivity contribution in [2.45, 2.75) is 13.3 Å². The van der Waals surface area contributed by atoms with Gasteiger partial charge in [0.05, 0.1) is 12.1 Å². The van der Waals surface area contributed by atoms with Crippen molar-refractivity contribution in [1.29, 1.82) is 0 Å². The number of carbonyl (C=O) groups is 2. The first-order valence-corrected chi connectivity index (χ1v) is 6.66. The van der Waals surface area contributed by atoms with Gasteiger partial charge in [0.25, 0.3) is 5.91 Å². The number of hydrogen-bond acceptors (Lipinski definition) is 4. The van der Waals surface area contributed by atoms with Gasteiger partial charge in [-0.05, 0) is 30.7 Å². The summed E-state index contributed by atoms with van der Waals surface area (Å²) in [6.45, 7) is 1.87. The Balaban J connectivity index is 1.81. The zero-order chi connectivity index (χ0) is 13.4. The van der Waals surface area contributed by atoms with Gasteiger partial charge in [-0.15, -0.1) is 11.3 Å². The molecule has 0 bridgehead atoms. The number of anilines is 2. The van der Waals surface area contributed by atoms with Crippen LogP contribution in [0.1, 0.15) is 21.6 Å². The minimum atomic E-state index is -0.212. The number of carbonyl (C=O) groups excluding carboxylic acids is 2. The fourth-order valence-electron chi connectivity index (χ4n) is 1.95. The smallest absolute Gasteiger partial charge is 0.257 e. The summed E-state index contributed by atoms with van der Waals surface area (Å²) in [5.41, 5.74) is 3.05. The van der Waals surface area contributed by atoms with Gasteiger partial charge in [-0.2, -0.15) is 0 Å². The lowest BCUT2D eigenvalue weighted by Crippen LogP contribution is -2.11. The minimum Gasteiger partial charge on any atom is -0.326 e. The number of aromatic nitrogens is 1. The molecule has 0 unspecified atom stereocenters. The second-order valence-corrected chi connectivity index (χ2v) is 5.20. The van der Waals surface area contributed by atoms with Crippen LogP contribution in [0.15, 0.2) is 23.6 Å². The molecule has 96 valence electrons. The van der Waals surface area contributed by atoms with E-state index < -0.39 is 0 Å². The molecule has 1 aromatic heterocycles. The SMILES string of the molecule is Cc1csc(NC(=O)c2ccc3c(c2)CC(=O)N3)n1. The van der Waals surface area contributed by atoms with Gasteiger partial charge < -0.3 is 5.32 Å². The molecule has 0 fully saturated rings. The highest BCUT2D eigenvalue weighted by atomic mass is 32.1. The van der Waals surface area contributed by atoms with Crippen LogP contribution in [0, 0.1) is 6.92 Å². The molecule has 0 saturated heterocycles. The lowest BCUT2D eigenvalue weighted by molar-refractivity contribution is -0.115. The van der Waals surface area contributed by atoms with Gasteiger partial charge in [0.15, 0.2) is 5.13 Å². The molecule has 0 spiro atoms. The van der Waals surface area contributed by atoms with Crippen molar-refractivity contribution in [3.8, 4) is 0 Å². The number of hydrogen-bond donors (Lipinski definition) is 2. The number of aryl methyl sites for hydroxylation is 1. The van der Waals surface area contributed by atoms with E-state index in [0.29, 0.717) is 17.1 Å². The number of thiazole rings is 1. The maximum atomic E-state index is 12.1. The molecule has 0 saturated carbocycles. The van der Waals surface area contributed by atoms with E-state index in [1.807, 2.05) is 12.3 Å². The first kappa shape index (κ1) is 11.9. The molecule has 1 aromatic carbocycles. The lowest BCUT2D eigenvalue weighted by Gasteiger charge is -2.04. The van der Waals surface area contributed by atoms with Crippen molar-refractivity contribution < 1.29 is 9.59 Å². The van der Waals surface area contributed by atoms with E-state index in [-0.39, 0.29) is 11.8 Å². The monoisotopic (exact) mass is 273 g/mol. The van der Waals surface area contributed by atoms with Crippen LogP contribution in [0.25, 0.3) is 0 Å². The zero-order valence-corrected chi connectivity index (χ0v) is 11.0. The predicted octanol–water partition coefficient (Wildman–Crippen LogP) is 2.20. The van der Waals surface area contributed by atoms with E-state index in [1.54, 1.807) is 18.2 Å². The van der Waals surface area contributed by atoms with Crippen LogP contribution in [-0.2, 0) is 11.2 Å². The molecule has 19 heavy (non-hydrogen) atoms. The molecule has 6 heteroatoms. The summed E-state index contributed by atoms with van der Waals surface area (Å²) in [5, 5.41) is 7.94. The number of amides is 2. The number of nitrogens with zero attached hydrogens (tertiary/aromatic N) is 1. The Labute approximate surface area is 113 Å². The third kappa shape index (κ3) is 2.34. The lowest BCUT2D eigenvalue weighted by atomic mass is 10.1. The van der Waals surface area contributed by atoms with Crippen molar-refractivity contribution in [3.63, 3.8) is 0 Å². The number of benzene rings is 1. The average Bonchev–Trinajstić information content (AvgIpc) is 2.93. The van der Waals surface area contributed by atoms with Gasteiger partial charge >= 0.3 is 0 Å². The van der Waals surface area contributed by atoms with E-state index in [4.69, 9.17) is 0 Å². The van der Waals surface area contributed by atoms with E-state index in [9.17, 15) is 9.59 Å². The molecule has 1 aliphatic rings. The van der Waals surface area contributed by atoms with Crippen molar-refractivity contribution in [2.75, 3.05) is 10.6 Å². The topological polar surface area (TPSA) is 71.1 Å². The Kier molecular flexibility index (Phi) is 2.79. The van der Waals surface area contributed by atoms with Crippen LogP contribution in [-0.4, -0.2) is 16.8 Å². The summed E-state index contributed by atoms with van der Waals surface area (Å²) in [7, 11) is 0. The molecule has 0 atom stereocenters. The first-order chi connectivity index (χ1) is 9.11. The fraction of sp³-hybridized carbons (Fsp3) is 0.154. The molecule has 1 aliphatic heterocycles. The van der Waals surface area contributed by atoms with Crippen LogP contribution in [0.4, 0.5) is 10.8 Å². The number of rotatable bonds is 2. The van der Waals surface area contributed by atoms with E-state index in [1.165, 1.54) is 11.3 Å². The van der Waals surface area contributed by atoms with Gasteiger partial charge in [0.1, 0.15) is 0 Å². The van der Waals surface area contributed by atoms with Gasteiger partial charge in [-0.1, -0.05) is 0 Å². The van der Waals surface area contributed by atoms with Crippen molar-refractivity contribution in [3.05, 3.63) is 40.4 Å². The highest BCUT2D eigenvalue weighted by molar-refractivity contribution is 7.13. The zero-order valence-electron chi connectivity index (χ0n) is 10.2. The fourth-order valence-corrected chi connectivity index (χ4v) is 2.63. The van der Waals surface area contributed by atoms with Crippen molar-refractivity contribution in [1.82, 2.24) is 4.98 Å². The summed E-state index contributed by atoms with van der Waals surface area (Å²) in [6.07, 6.45) is 0.326. The van der Waals surface area contributed by atoms with Crippen LogP contribution >= 0.6 is 11.3 Å². The normalized spacial score (nSPS) is 13.0. The quantitative estimate of drug-likeness (QED) is 0.881. The van der Waals surface area contributed by atoms with Gasteiger partial charge in [0, 0.05) is 16.6 Å². The Morgan fingerprint density at radius 1 is 1.47 bits per heavy atom. The van der Waals surface area contributed by atoms with Crippen LogP contribution < -0.4 is 10.6 Å². The van der Waals surface area contributed by atoms with E-state index >= 15 is 0 Å². The Bertz CT molecular complexity index is 678. The van der Waals surface area contributed by atoms with E-state index in [2.05, 4.69) is 15.6 Å². The Morgan fingerprint density at radius 2 is 2.32 bits per heavy atom. The molecule has 0 aliphatic carbocycles. The molecule has 2 N–H and O–H groups in total. The summed E-state index contributed by atoms with van der Waals surface area (Å²) >= 11 is 1.39. The molecule has 2 heterocycles. The number of nitrogens with one attached hydrogen (secondary N) is 2. The maximum absolute atomic E-state index is 12.1. The third-order valence-electron chi connectivity index (χ3n) is 2.83. The van der Waals surface area contributed by atoms with Crippen LogP contribution in [0.2, 0.25) is 0 Å². The molecule has 0 radical (unpaired) electrons. The largest absolute Gasteiger partial charge is 0.326 e. The van der Waals surface area contributed by atoms with Crippen molar-refractivity contribution >= 4 is 34.0 Å². The Morgan fingerprint density at radius 3 is 3.05 bits per heavy atom. The first-order valence-electron chi connectivity index (χ1n) is 5.78. The van der Waals surface area contributed by atoms with Gasteiger partial charge in [-0.3, -0.25) is 14.9 Å². The second kappa shape index (κ2) is 4.47. The second-order valence-electron chi connectivity index (χ2n) is 4.35. The molecule has 3 rings (SSSR count). The van der Waals surface area contributed by atoms with Gasteiger partial charge in [-0.25, -0.2) is 4.98 Å². The summed E-state index contributed by atoms with van der Waals surface area (Å²) in [4.78, 5) is 27.5. The Hall–Kier alpha value is -2.21. The highest BCUT2D eigenvalue weighted by Crippen LogP contribution is 2.24.